The van der Waals surface area contributed by atoms with Crippen molar-refractivity contribution < 1.29 is 0 Å². The molecule has 0 atom stereocenters. The molecule has 4 rings (SSSR count). The second-order valence-corrected chi connectivity index (χ2v) is 9.09. The molecule has 4 aromatic rings. The molecule has 0 aliphatic heterocycles. The SMILES string of the molecule is O=c1cc(CSc2nn(-c3ccccc3)c(=S)s2)nc2ccc(Br)cn12. The van der Waals surface area contributed by atoms with E-state index in [2.05, 4.69) is 26.0 Å². The topological polar surface area (TPSA) is 52.2 Å². The third-order valence-corrected chi connectivity index (χ3v) is 6.42. The molecule has 0 aliphatic rings. The second-order valence-electron chi connectivity index (χ2n) is 5.33. The minimum atomic E-state index is -0.102. The summed E-state index contributed by atoms with van der Waals surface area (Å²) in [5.74, 6) is 0.554. The van der Waals surface area contributed by atoms with Crippen LogP contribution in [0.4, 0.5) is 0 Å². The van der Waals surface area contributed by atoms with Crippen LogP contribution < -0.4 is 5.56 Å². The van der Waals surface area contributed by atoms with Crippen LogP contribution in [0.1, 0.15) is 5.69 Å². The number of hydrogen-bond donors (Lipinski definition) is 0. The lowest BCUT2D eigenvalue weighted by atomic mass is 10.3. The Morgan fingerprint density at radius 1 is 1.19 bits per heavy atom. The van der Waals surface area contributed by atoms with Gasteiger partial charge in [0, 0.05) is 22.5 Å². The number of thioether (sulfide) groups is 1. The maximum atomic E-state index is 12.3. The van der Waals surface area contributed by atoms with E-state index >= 15 is 0 Å². The Bertz CT molecular complexity index is 1200. The fourth-order valence-corrected chi connectivity index (χ4v) is 4.98. The molecule has 5 nitrogen and oxygen atoms in total. The van der Waals surface area contributed by atoms with E-state index in [4.69, 9.17) is 12.2 Å². The Labute approximate surface area is 170 Å². The van der Waals surface area contributed by atoms with Gasteiger partial charge in [-0.05, 0) is 52.4 Å². The molecular formula is C17H11BrN4OS3. The molecule has 0 saturated heterocycles. The predicted molar refractivity (Wildman–Crippen MR) is 111 cm³/mol. The third kappa shape index (κ3) is 3.66. The summed E-state index contributed by atoms with van der Waals surface area (Å²) in [6.07, 6.45) is 1.72. The van der Waals surface area contributed by atoms with Crippen LogP contribution in [0.5, 0.6) is 0 Å². The first-order valence-electron chi connectivity index (χ1n) is 7.56. The van der Waals surface area contributed by atoms with Gasteiger partial charge in [0.25, 0.3) is 5.56 Å². The Morgan fingerprint density at radius 3 is 2.81 bits per heavy atom. The van der Waals surface area contributed by atoms with E-state index in [1.165, 1.54) is 27.5 Å². The largest absolute Gasteiger partial charge is 0.269 e. The smallest absolute Gasteiger partial charge is 0.258 e. The van der Waals surface area contributed by atoms with Gasteiger partial charge in [-0.1, -0.05) is 41.3 Å². The zero-order valence-corrected chi connectivity index (χ0v) is 17.2. The first-order valence-corrected chi connectivity index (χ1v) is 10.6. The maximum absolute atomic E-state index is 12.3. The summed E-state index contributed by atoms with van der Waals surface area (Å²) >= 11 is 11.8. The van der Waals surface area contributed by atoms with E-state index in [1.807, 2.05) is 42.5 Å². The molecule has 130 valence electrons. The van der Waals surface area contributed by atoms with Crippen molar-refractivity contribution in [2.45, 2.75) is 10.1 Å². The normalized spacial score (nSPS) is 11.1. The Hall–Kier alpha value is -1.81. The monoisotopic (exact) mass is 462 g/mol. The van der Waals surface area contributed by atoms with Crippen molar-refractivity contribution in [3.63, 3.8) is 0 Å². The average Bonchev–Trinajstić information content (AvgIpc) is 3.02. The Kier molecular flexibility index (Phi) is 5.03. The number of para-hydroxylation sites is 1. The van der Waals surface area contributed by atoms with Gasteiger partial charge < -0.3 is 0 Å². The summed E-state index contributed by atoms with van der Waals surface area (Å²) in [6, 6.07) is 15.0. The van der Waals surface area contributed by atoms with Crippen molar-refractivity contribution in [3.8, 4) is 5.69 Å². The predicted octanol–water partition coefficient (Wildman–Crippen LogP) is 4.73. The van der Waals surface area contributed by atoms with Gasteiger partial charge in [-0.3, -0.25) is 9.20 Å². The van der Waals surface area contributed by atoms with Gasteiger partial charge in [0.1, 0.15) is 5.65 Å². The highest BCUT2D eigenvalue weighted by Crippen LogP contribution is 2.26. The number of benzene rings is 1. The van der Waals surface area contributed by atoms with Gasteiger partial charge in [0.05, 0.1) is 11.4 Å². The minimum absolute atomic E-state index is 0.102. The van der Waals surface area contributed by atoms with Crippen LogP contribution in [-0.2, 0) is 5.75 Å². The fraction of sp³-hybridized carbons (Fsp3) is 0.0588. The lowest BCUT2D eigenvalue weighted by molar-refractivity contribution is 0.829. The molecule has 0 bridgehead atoms. The highest BCUT2D eigenvalue weighted by molar-refractivity contribution is 9.10. The van der Waals surface area contributed by atoms with Crippen molar-refractivity contribution in [1.82, 2.24) is 19.2 Å². The summed E-state index contributed by atoms with van der Waals surface area (Å²) in [5, 5.41) is 4.57. The van der Waals surface area contributed by atoms with E-state index in [0.29, 0.717) is 15.4 Å². The molecule has 3 heterocycles. The first-order chi connectivity index (χ1) is 12.6. The van der Waals surface area contributed by atoms with Crippen LogP contribution >= 0.6 is 51.2 Å². The zero-order chi connectivity index (χ0) is 18.1. The quantitative estimate of drug-likeness (QED) is 0.324. The molecule has 0 saturated carbocycles. The van der Waals surface area contributed by atoms with Crippen molar-refractivity contribution in [3.05, 3.63) is 79.2 Å². The Balaban J connectivity index is 1.58. The summed E-state index contributed by atoms with van der Waals surface area (Å²) in [7, 11) is 0. The van der Waals surface area contributed by atoms with E-state index in [-0.39, 0.29) is 5.56 Å². The van der Waals surface area contributed by atoms with E-state index < -0.39 is 0 Å². The van der Waals surface area contributed by atoms with Gasteiger partial charge in [-0.25, -0.2) is 9.67 Å². The van der Waals surface area contributed by atoms with Gasteiger partial charge in [0.15, 0.2) is 8.29 Å². The molecule has 0 amide bonds. The molecule has 3 aromatic heterocycles. The van der Waals surface area contributed by atoms with Gasteiger partial charge in [0.2, 0.25) is 0 Å². The summed E-state index contributed by atoms with van der Waals surface area (Å²) < 4.78 is 5.64. The van der Waals surface area contributed by atoms with Crippen LogP contribution in [0.3, 0.4) is 0 Å². The molecule has 0 unspecified atom stereocenters. The summed E-state index contributed by atoms with van der Waals surface area (Å²) in [5.41, 5.74) is 2.18. The molecule has 9 heteroatoms. The zero-order valence-electron chi connectivity index (χ0n) is 13.2. The number of halogens is 1. The van der Waals surface area contributed by atoms with Gasteiger partial charge in [-0.2, -0.15) is 0 Å². The highest BCUT2D eigenvalue weighted by Gasteiger charge is 2.09. The van der Waals surface area contributed by atoms with Gasteiger partial charge >= 0.3 is 0 Å². The highest BCUT2D eigenvalue weighted by atomic mass is 79.9. The second kappa shape index (κ2) is 7.43. The molecule has 0 N–H and O–H groups in total. The van der Waals surface area contributed by atoms with Crippen LogP contribution in [0, 0.1) is 3.95 Å². The molecule has 26 heavy (non-hydrogen) atoms. The van der Waals surface area contributed by atoms with E-state index in [0.717, 1.165) is 20.2 Å². The third-order valence-electron chi connectivity index (χ3n) is 3.55. The van der Waals surface area contributed by atoms with Gasteiger partial charge in [-0.15, -0.1) is 5.10 Å². The lowest BCUT2D eigenvalue weighted by Gasteiger charge is -2.03. The molecule has 1 aromatic carbocycles. The minimum Gasteiger partial charge on any atom is -0.269 e. The van der Waals surface area contributed by atoms with E-state index in [9.17, 15) is 4.79 Å². The molecule has 0 radical (unpaired) electrons. The molecule has 0 fully saturated rings. The number of pyridine rings is 1. The number of hydrogen-bond acceptors (Lipinski definition) is 6. The summed E-state index contributed by atoms with van der Waals surface area (Å²) in [6.45, 7) is 0. The molecular weight excluding hydrogens is 452 g/mol. The molecule has 0 spiro atoms. The first kappa shape index (κ1) is 17.6. The summed E-state index contributed by atoms with van der Waals surface area (Å²) in [4.78, 5) is 16.8. The maximum Gasteiger partial charge on any atom is 0.258 e. The van der Waals surface area contributed by atoms with Crippen molar-refractivity contribution in [2.75, 3.05) is 0 Å². The van der Waals surface area contributed by atoms with Crippen molar-refractivity contribution in [2.24, 2.45) is 0 Å². The van der Waals surface area contributed by atoms with Crippen LogP contribution in [0.25, 0.3) is 11.3 Å². The van der Waals surface area contributed by atoms with Crippen molar-refractivity contribution >= 4 is 56.9 Å². The van der Waals surface area contributed by atoms with Crippen LogP contribution in [-0.4, -0.2) is 19.2 Å². The Morgan fingerprint density at radius 2 is 2.00 bits per heavy atom. The average molecular weight is 463 g/mol. The van der Waals surface area contributed by atoms with Crippen molar-refractivity contribution in [1.29, 1.82) is 0 Å². The standard InChI is InChI=1S/C17H11BrN4OS3/c18-11-6-7-14-19-12(8-15(23)21(14)9-11)10-25-16-20-22(17(24)26-16)13-4-2-1-3-5-13/h1-9H,10H2. The number of rotatable bonds is 4. The fourth-order valence-electron chi connectivity index (χ4n) is 2.39. The van der Waals surface area contributed by atoms with E-state index in [1.54, 1.807) is 16.9 Å². The number of aromatic nitrogens is 4. The number of nitrogens with zero attached hydrogens (tertiary/aromatic N) is 4. The number of fused-ring (bicyclic) bond motifs is 1. The lowest BCUT2D eigenvalue weighted by Crippen LogP contribution is -2.15. The van der Waals surface area contributed by atoms with Crippen LogP contribution in [0.2, 0.25) is 0 Å². The molecule has 0 aliphatic carbocycles. The van der Waals surface area contributed by atoms with Crippen LogP contribution in [0.15, 0.2) is 68.3 Å².